The normalized spacial score (nSPS) is 25.7. The van der Waals surface area contributed by atoms with Crippen molar-refractivity contribution in [1.82, 2.24) is 14.8 Å². The maximum absolute atomic E-state index is 13.7. The van der Waals surface area contributed by atoms with Crippen LogP contribution < -0.4 is 5.32 Å². The molecule has 1 aromatic carbocycles. The van der Waals surface area contributed by atoms with Gasteiger partial charge in [0.2, 0.25) is 5.91 Å². The Morgan fingerprint density at radius 2 is 1.97 bits per heavy atom. The van der Waals surface area contributed by atoms with Crippen molar-refractivity contribution in [3.63, 3.8) is 0 Å². The van der Waals surface area contributed by atoms with E-state index in [1.165, 1.54) is 18.6 Å². The molecule has 7 heteroatoms. The van der Waals surface area contributed by atoms with Crippen LogP contribution in [-0.2, 0) is 17.9 Å². The number of hydrogen-bond donors (Lipinski definition) is 1. The SMILES string of the molecule is CC1CCCCC1NC(=O)C1(C)Cn2c(cc3occc32)C(=O)N1Cc1ccc(F)cc1. The first-order valence-corrected chi connectivity index (χ1v) is 11.3. The Labute approximate surface area is 186 Å². The monoisotopic (exact) mass is 437 g/mol. The molecule has 1 saturated carbocycles. The summed E-state index contributed by atoms with van der Waals surface area (Å²) in [5.74, 6) is -0.312. The minimum atomic E-state index is -1.10. The van der Waals surface area contributed by atoms with Crippen LogP contribution in [0.1, 0.15) is 55.6 Å². The molecular formula is C25H28FN3O3. The molecule has 2 aliphatic rings. The van der Waals surface area contributed by atoms with Crippen molar-refractivity contribution in [2.75, 3.05) is 0 Å². The minimum absolute atomic E-state index is 0.107. The molecule has 1 N–H and O–H groups in total. The largest absolute Gasteiger partial charge is 0.463 e. The molecule has 2 amide bonds. The van der Waals surface area contributed by atoms with E-state index in [0.717, 1.165) is 30.3 Å². The van der Waals surface area contributed by atoms with Crippen LogP contribution in [0.5, 0.6) is 0 Å². The summed E-state index contributed by atoms with van der Waals surface area (Å²) in [6.07, 6.45) is 5.92. The third kappa shape index (κ3) is 3.40. The molecular weight excluding hydrogens is 409 g/mol. The smallest absolute Gasteiger partial charge is 0.271 e. The zero-order valence-electron chi connectivity index (χ0n) is 18.4. The zero-order valence-corrected chi connectivity index (χ0v) is 18.4. The Hall–Kier alpha value is -3.09. The summed E-state index contributed by atoms with van der Waals surface area (Å²) in [7, 11) is 0. The first kappa shape index (κ1) is 20.8. The maximum Gasteiger partial charge on any atom is 0.271 e. The Bertz CT molecular complexity index is 1170. The van der Waals surface area contributed by atoms with Crippen molar-refractivity contribution in [2.24, 2.45) is 5.92 Å². The highest BCUT2D eigenvalue weighted by Crippen LogP contribution is 2.34. The van der Waals surface area contributed by atoms with E-state index in [0.29, 0.717) is 23.7 Å². The summed E-state index contributed by atoms with van der Waals surface area (Å²) in [5.41, 5.74) is 1.60. The lowest BCUT2D eigenvalue weighted by Gasteiger charge is -2.45. The van der Waals surface area contributed by atoms with Crippen molar-refractivity contribution in [1.29, 1.82) is 0 Å². The predicted octanol–water partition coefficient (Wildman–Crippen LogP) is 4.48. The van der Waals surface area contributed by atoms with Gasteiger partial charge in [0.25, 0.3) is 5.91 Å². The Morgan fingerprint density at radius 3 is 2.72 bits per heavy atom. The third-order valence-electron chi connectivity index (χ3n) is 7.22. The summed E-state index contributed by atoms with van der Waals surface area (Å²) in [6.45, 7) is 4.54. The quantitative estimate of drug-likeness (QED) is 0.654. The van der Waals surface area contributed by atoms with Gasteiger partial charge in [-0.1, -0.05) is 31.9 Å². The van der Waals surface area contributed by atoms with Gasteiger partial charge in [-0.15, -0.1) is 0 Å². The van der Waals surface area contributed by atoms with Crippen LogP contribution in [0.2, 0.25) is 0 Å². The van der Waals surface area contributed by atoms with Gasteiger partial charge in [-0.3, -0.25) is 9.59 Å². The van der Waals surface area contributed by atoms with Crippen LogP contribution >= 0.6 is 0 Å². The number of aromatic nitrogens is 1. The van der Waals surface area contributed by atoms with Crippen LogP contribution in [0, 0.1) is 11.7 Å². The van der Waals surface area contributed by atoms with Gasteiger partial charge in [0.15, 0.2) is 5.58 Å². The van der Waals surface area contributed by atoms with Gasteiger partial charge in [0, 0.05) is 24.7 Å². The number of hydrogen-bond acceptors (Lipinski definition) is 3. The Morgan fingerprint density at radius 1 is 1.22 bits per heavy atom. The number of halogens is 1. The van der Waals surface area contributed by atoms with E-state index in [1.54, 1.807) is 29.4 Å². The number of nitrogens with zero attached hydrogens (tertiary/aromatic N) is 2. The molecule has 5 rings (SSSR count). The van der Waals surface area contributed by atoms with E-state index in [9.17, 15) is 14.0 Å². The number of nitrogens with one attached hydrogen (secondary N) is 1. The van der Waals surface area contributed by atoms with E-state index in [2.05, 4.69) is 12.2 Å². The summed E-state index contributed by atoms with van der Waals surface area (Å²) in [4.78, 5) is 29.0. The first-order chi connectivity index (χ1) is 15.4. The molecule has 0 spiro atoms. The number of fused-ring (bicyclic) bond motifs is 3. The van der Waals surface area contributed by atoms with E-state index in [4.69, 9.17) is 4.42 Å². The molecule has 168 valence electrons. The van der Waals surface area contributed by atoms with Gasteiger partial charge in [-0.2, -0.15) is 0 Å². The van der Waals surface area contributed by atoms with Gasteiger partial charge in [-0.25, -0.2) is 4.39 Å². The van der Waals surface area contributed by atoms with Crippen molar-refractivity contribution in [2.45, 2.75) is 64.2 Å². The van der Waals surface area contributed by atoms with E-state index < -0.39 is 5.54 Å². The number of carbonyl (C=O) groups excluding carboxylic acids is 2. The highest BCUT2D eigenvalue weighted by atomic mass is 19.1. The van der Waals surface area contributed by atoms with Gasteiger partial charge in [-0.05, 0) is 43.4 Å². The highest BCUT2D eigenvalue weighted by molar-refractivity contribution is 6.02. The average molecular weight is 438 g/mol. The molecule has 2 aromatic heterocycles. The summed E-state index contributed by atoms with van der Waals surface area (Å²) in [5, 5.41) is 3.26. The van der Waals surface area contributed by atoms with Crippen molar-refractivity contribution in [3.8, 4) is 0 Å². The van der Waals surface area contributed by atoms with E-state index >= 15 is 0 Å². The summed E-state index contributed by atoms with van der Waals surface area (Å²) < 4.78 is 20.8. The van der Waals surface area contributed by atoms with Gasteiger partial charge >= 0.3 is 0 Å². The number of amides is 2. The lowest BCUT2D eigenvalue weighted by molar-refractivity contribution is -0.134. The Kier molecular flexibility index (Phi) is 5.07. The maximum atomic E-state index is 13.7. The van der Waals surface area contributed by atoms with Crippen LogP contribution in [-0.4, -0.2) is 32.9 Å². The lowest BCUT2D eigenvalue weighted by atomic mass is 9.85. The molecule has 0 radical (unpaired) electrons. The second-order valence-electron chi connectivity index (χ2n) is 9.42. The standard InChI is InChI=1S/C25H28FN3O3/c1-16-5-3-4-6-19(16)27-24(31)25(2)15-28-20-11-12-32-22(20)13-21(28)23(30)29(25)14-17-7-9-18(26)10-8-17/h7-13,16,19H,3-6,14-15H2,1-2H3,(H,27,31). The fourth-order valence-electron chi connectivity index (χ4n) is 5.15. The van der Waals surface area contributed by atoms with Crippen molar-refractivity contribution >= 4 is 22.9 Å². The van der Waals surface area contributed by atoms with Crippen LogP contribution in [0.4, 0.5) is 4.39 Å². The summed E-state index contributed by atoms with van der Waals surface area (Å²) >= 11 is 0. The van der Waals surface area contributed by atoms with Crippen molar-refractivity contribution in [3.05, 3.63) is 59.7 Å². The molecule has 0 saturated heterocycles. The van der Waals surface area contributed by atoms with Gasteiger partial charge < -0.3 is 19.2 Å². The average Bonchev–Trinajstić information content (AvgIpc) is 3.36. The zero-order chi connectivity index (χ0) is 22.5. The topological polar surface area (TPSA) is 67.5 Å². The summed E-state index contributed by atoms with van der Waals surface area (Å²) in [6, 6.07) is 9.73. The molecule has 1 aliphatic heterocycles. The lowest BCUT2D eigenvalue weighted by Crippen LogP contribution is -2.65. The fraction of sp³-hybridized carbons (Fsp3) is 0.440. The number of carbonyl (C=O) groups is 2. The number of rotatable bonds is 4. The Balaban J connectivity index is 1.52. The number of benzene rings is 1. The molecule has 6 nitrogen and oxygen atoms in total. The molecule has 3 heterocycles. The molecule has 3 aromatic rings. The third-order valence-corrected chi connectivity index (χ3v) is 7.22. The number of furan rings is 1. The molecule has 3 atom stereocenters. The molecule has 32 heavy (non-hydrogen) atoms. The highest BCUT2D eigenvalue weighted by Gasteiger charge is 2.48. The molecule has 3 unspecified atom stereocenters. The van der Waals surface area contributed by atoms with E-state index in [1.807, 2.05) is 17.6 Å². The fourth-order valence-corrected chi connectivity index (χ4v) is 5.15. The van der Waals surface area contributed by atoms with Crippen molar-refractivity contribution < 1.29 is 18.4 Å². The molecule has 1 aliphatic carbocycles. The van der Waals surface area contributed by atoms with E-state index in [-0.39, 0.29) is 30.2 Å². The van der Waals surface area contributed by atoms with Crippen LogP contribution in [0.3, 0.4) is 0 Å². The molecule has 1 fully saturated rings. The van der Waals surface area contributed by atoms with Gasteiger partial charge in [0.05, 0.1) is 18.3 Å². The molecule has 0 bridgehead atoms. The van der Waals surface area contributed by atoms with Gasteiger partial charge in [0.1, 0.15) is 17.1 Å². The minimum Gasteiger partial charge on any atom is -0.463 e. The van der Waals surface area contributed by atoms with Crippen LogP contribution in [0.15, 0.2) is 47.1 Å². The predicted molar refractivity (Wildman–Crippen MR) is 118 cm³/mol. The second kappa shape index (κ2) is 7.80. The van der Waals surface area contributed by atoms with Crippen LogP contribution in [0.25, 0.3) is 11.1 Å². The second-order valence-corrected chi connectivity index (χ2v) is 9.42. The first-order valence-electron chi connectivity index (χ1n) is 11.3.